The van der Waals surface area contributed by atoms with Crippen molar-refractivity contribution in [3.05, 3.63) is 23.8 Å². The lowest BCUT2D eigenvalue weighted by atomic mass is 10.1. The molecule has 1 aromatic carbocycles. The highest BCUT2D eigenvalue weighted by Gasteiger charge is 2.18. The molecule has 0 bridgehead atoms. The Morgan fingerprint density at radius 1 is 1.04 bits per heavy atom. The van der Waals surface area contributed by atoms with Crippen LogP contribution >= 0.6 is 0 Å². The van der Waals surface area contributed by atoms with Crippen molar-refractivity contribution in [3.63, 3.8) is 0 Å². The number of hydrogen-bond donors (Lipinski definition) is 0. The van der Waals surface area contributed by atoms with E-state index in [1.165, 1.54) is 19.8 Å². The Kier molecular flexibility index (Phi) is 7.75. The fourth-order valence-electron chi connectivity index (χ4n) is 3.26. The van der Waals surface area contributed by atoms with Gasteiger partial charge in [0.25, 0.3) is 0 Å². The number of amides is 2. The Balaban J connectivity index is 1.96. The van der Waals surface area contributed by atoms with Crippen LogP contribution in [0.1, 0.15) is 44.6 Å². The molecule has 0 radical (unpaired) electrons. The van der Waals surface area contributed by atoms with Crippen LogP contribution in [0.4, 0.5) is 0 Å². The smallest absolute Gasteiger partial charge is 0.224 e. The van der Waals surface area contributed by atoms with Gasteiger partial charge in [0.15, 0.2) is 11.5 Å². The van der Waals surface area contributed by atoms with Crippen LogP contribution < -0.4 is 9.47 Å². The van der Waals surface area contributed by atoms with E-state index in [0.29, 0.717) is 31.0 Å². The van der Waals surface area contributed by atoms with E-state index >= 15 is 0 Å². The number of methoxy groups -OCH3 is 2. The molecule has 2 amide bonds. The fourth-order valence-corrected chi connectivity index (χ4v) is 3.26. The number of benzene rings is 1. The molecule has 0 unspecified atom stereocenters. The summed E-state index contributed by atoms with van der Waals surface area (Å²) in [6.07, 6.45) is 4.92. The molecule has 1 aliphatic heterocycles. The first-order valence-electron chi connectivity index (χ1n) is 9.29. The number of rotatable bonds is 7. The minimum Gasteiger partial charge on any atom is -0.493 e. The van der Waals surface area contributed by atoms with Crippen LogP contribution in [0.2, 0.25) is 0 Å². The summed E-state index contributed by atoms with van der Waals surface area (Å²) in [6, 6.07) is 5.61. The number of nitrogens with zero attached hydrogens (tertiary/aromatic N) is 2. The lowest BCUT2D eigenvalue weighted by Gasteiger charge is -2.24. The molecule has 0 aromatic heterocycles. The first-order chi connectivity index (χ1) is 12.5. The second-order valence-corrected chi connectivity index (χ2v) is 6.67. The maximum atomic E-state index is 12.5. The molecular formula is C20H30N2O4. The van der Waals surface area contributed by atoms with Crippen LogP contribution in [-0.2, 0) is 16.1 Å². The van der Waals surface area contributed by atoms with Gasteiger partial charge in [-0.05, 0) is 30.5 Å². The van der Waals surface area contributed by atoms with Crippen LogP contribution in [0.5, 0.6) is 11.5 Å². The fraction of sp³-hybridized carbons (Fsp3) is 0.600. The number of ether oxygens (including phenoxy) is 2. The molecule has 1 heterocycles. The van der Waals surface area contributed by atoms with Crippen molar-refractivity contribution in [1.29, 1.82) is 0 Å². The molecule has 1 aromatic rings. The van der Waals surface area contributed by atoms with Crippen LogP contribution in [-0.4, -0.2) is 55.5 Å². The summed E-state index contributed by atoms with van der Waals surface area (Å²) in [5.41, 5.74) is 0.945. The van der Waals surface area contributed by atoms with E-state index in [2.05, 4.69) is 0 Å². The van der Waals surface area contributed by atoms with Crippen molar-refractivity contribution >= 4 is 11.8 Å². The van der Waals surface area contributed by atoms with Gasteiger partial charge in [0.05, 0.1) is 14.2 Å². The normalized spacial score (nSPS) is 14.5. The Morgan fingerprint density at radius 3 is 2.27 bits per heavy atom. The Hall–Kier alpha value is -2.24. The lowest BCUT2D eigenvalue weighted by Crippen LogP contribution is -2.36. The van der Waals surface area contributed by atoms with Gasteiger partial charge < -0.3 is 19.3 Å². The van der Waals surface area contributed by atoms with Crippen LogP contribution in [0, 0.1) is 0 Å². The number of carbonyl (C=O) groups excluding carboxylic acids is 2. The van der Waals surface area contributed by atoms with Gasteiger partial charge in [-0.3, -0.25) is 9.59 Å². The number of hydrogen-bond acceptors (Lipinski definition) is 4. The molecule has 26 heavy (non-hydrogen) atoms. The molecule has 6 heteroatoms. The summed E-state index contributed by atoms with van der Waals surface area (Å²) < 4.78 is 10.6. The average molecular weight is 362 g/mol. The number of likely N-dealkylation sites (tertiary alicyclic amines) is 1. The third kappa shape index (κ3) is 5.64. The minimum atomic E-state index is -0.0385. The van der Waals surface area contributed by atoms with E-state index in [9.17, 15) is 9.59 Å². The average Bonchev–Trinajstić information content (AvgIpc) is 2.93. The molecule has 0 saturated carbocycles. The molecule has 144 valence electrons. The van der Waals surface area contributed by atoms with Crippen molar-refractivity contribution in [3.8, 4) is 11.5 Å². The molecule has 1 aliphatic rings. The zero-order valence-corrected chi connectivity index (χ0v) is 16.1. The van der Waals surface area contributed by atoms with Gasteiger partial charge in [0.1, 0.15) is 0 Å². The van der Waals surface area contributed by atoms with Gasteiger partial charge in [-0.15, -0.1) is 0 Å². The second kappa shape index (κ2) is 10.0. The SMILES string of the molecule is COc1ccc(CN(CCC(=O)N2CCCCCC2)C(C)=O)cc1OC. The highest BCUT2D eigenvalue weighted by molar-refractivity contribution is 5.78. The van der Waals surface area contributed by atoms with Crippen molar-refractivity contribution in [1.82, 2.24) is 9.80 Å². The minimum absolute atomic E-state index is 0.0385. The van der Waals surface area contributed by atoms with E-state index in [0.717, 1.165) is 31.5 Å². The third-order valence-corrected chi connectivity index (χ3v) is 4.82. The van der Waals surface area contributed by atoms with E-state index < -0.39 is 0 Å². The van der Waals surface area contributed by atoms with Crippen LogP contribution in [0.25, 0.3) is 0 Å². The van der Waals surface area contributed by atoms with E-state index in [1.54, 1.807) is 19.1 Å². The molecule has 6 nitrogen and oxygen atoms in total. The predicted octanol–water partition coefficient (Wildman–Crippen LogP) is 2.85. The molecule has 2 rings (SSSR count). The van der Waals surface area contributed by atoms with E-state index in [4.69, 9.17) is 9.47 Å². The third-order valence-electron chi connectivity index (χ3n) is 4.82. The first-order valence-corrected chi connectivity index (χ1v) is 9.29. The summed E-state index contributed by atoms with van der Waals surface area (Å²) in [5, 5.41) is 0. The summed E-state index contributed by atoms with van der Waals surface area (Å²) >= 11 is 0. The Morgan fingerprint density at radius 2 is 1.69 bits per heavy atom. The molecule has 0 aliphatic carbocycles. The largest absolute Gasteiger partial charge is 0.493 e. The van der Waals surface area contributed by atoms with Gasteiger partial charge in [0, 0.05) is 39.5 Å². The van der Waals surface area contributed by atoms with Gasteiger partial charge in [-0.1, -0.05) is 18.9 Å². The van der Waals surface area contributed by atoms with E-state index in [1.807, 2.05) is 23.1 Å². The molecule has 1 saturated heterocycles. The zero-order valence-electron chi connectivity index (χ0n) is 16.1. The van der Waals surface area contributed by atoms with Crippen molar-refractivity contribution in [2.24, 2.45) is 0 Å². The maximum absolute atomic E-state index is 12.5. The summed E-state index contributed by atoms with van der Waals surface area (Å²) in [6.45, 7) is 4.10. The molecule has 0 spiro atoms. The first kappa shape index (κ1) is 20.1. The van der Waals surface area contributed by atoms with Crippen LogP contribution in [0.15, 0.2) is 18.2 Å². The van der Waals surface area contributed by atoms with Gasteiger partial charge in [-0.2, -0.15) is 0 Å². The number of carbonyl (C=O) groups is 2. The topological polar surface area (TPSA) is 59.1 Å². The van der Waals surface area contributed by atoms with Crippen molar-refractivity contribution in [2.45, 2.75) is 45.6 Å². The molecule has 0 N–H and O–H groups in total. The predicted molar refractivity (Wildman–Crippen MR) is 100 cm³/mol. The molecule has 1 fully saturated rings. The van der Waals surface area contributed by atoms with Crippen LogP contribution in [0.3, 0.4) is 0 Å². The van der Waals surface area contributed by atoms with Crippen molar-refractivity contribution < 1.29 is 19.1 Å². The Labute approximate surface area is 156 Å². The summed E-state index contributed by atoms with van der Waals surface area (Å²) in [7, 11) is 3.18. The summed E-state index contributed by atoms with van der Waals surface area (Å²) in [4.78, 5) is 28.1. The Bertz CT molecular complexity index is 610. The van der Waals surface area contributed by atoms with E-state index in [-0.39, 0.29) is 11.8 Å². The molecular weight excluding hydrogens is 332 g/mol. The highest BCUT2D eigenvalue weighted by atomic mass is 16.5. The maximum Gasteiger partial charge on any atom is 0.224 e. The summed E-state index contributed by atoms with van der Waals surface area (Å²) in [5.74, 6) is 1.39. The molecule has 0 atom stereocenters. The highest BCUT2D eigenvalue weighted by Crippen LogP contribution is 2.28. The van der Waals surface area contributed by atoms with Gasteiger partial charge in [-0.25, -0.2) is 0 Å². The van der Waals surface area contributed by atoms with Gasteiger partial charge >= 0.3 is 0 Å². The second-order valence-electron chi connectivity index (χ2n) is 6.67. The van der Waals surface area contributed by atoms with Gasteiger partial charge in [0.2, 0.25) is 11.8 Å². The lowest BCUT2D eigenvalue weighted by molar-refractivity contribution is -0.133. The zero-order chi connectivity index (χ0) is 18.9. The monoisotopic (exact) mass is 362 g/mol. The van der Waals surface area contributed by atoms with Crippen molar-refractivity contribution in [2.75, 3.05) is 33.9 Å². The standard InChI is InChI=1S/C20H30N2O4/c1-16(23)22(13-10-20(24)21-11-6-4-5-7-12-21)15-17-8-9-18(25-2)19(14-17)26-3/h8-9,14H,4-7,10-13,15H2,1-3H3. The quantitative estimate of drug-likeness (QED) is 0.748.